The number of rotatable bonds is 8. The first-order valence-electron chi connectivity index (χ1n) is 10.8. The Hall–Kier alpha value is -2.69. The van der Waals surface area contributed by atoms with Gasteiger partial charge in [-0.3, -0.25) is 4.79 Å². The lowest BCUT2D eigenvalue weighted by Crippen LogP contribution is -2.49. The number of anilines is 1. The van der Waals surface area contributed by atoms with Crippen LogP contribution in [0.15, 0.2) is 24.3 Å². The number of nitrogens with one attached hydrogen (secondary N) is 2. The Morgan fingerprint density at radius 3 is 2.27 bits per heavy atom. The number of nitrogens with zero attached hydrogens (tertiary/aromatic N) is 1. The molecule has 0 bridgehead atoms. The second-order valence-electron chi connectivity index (χ2n) is 9.09. The monoisotopic (exact) mass is 475 g/mol. The highest BCUT2D eigenvalue weighted by molar-refractivity contribution is 5.83. The summed E-state index contributed by atoms with van der Waals surface area (Å²) in [5, 5.41) is 5.68. The van der Waals surface area contributed by atoms with Gasteiger partial charge in [0.2, 0.25) is 0 Å². The van der Waals surface area contributed by atoms with Crippen LogP contribution in [0.3, 0.4) is 0 Å². The molecule has 11 heteroatoms. The molecule has 1 fully saturated rings. The summed E-state index contributed by atoms with van der Waals surface area (Å²) in [6.45, 7) is 9.73. The Labute approximate surface area is 191 Å². The third-order valence-electron chi connectivity index (χ3n) is 4.71. The molecule has 2 unspecified atom stereocenters. The molecule has 2 amide bonds. The first-order chi connectivity index (χ1) is 15.3. The summed E-state index contributed by atoms with van der Waals surface area (Å²) in [7, 11) is 0. The summed E-state index contributed by atoms with van der Waals surface area (Å²) in [5.41, 5.74) is 0.321. The maximum Gasteiger partial charge on any atom is 0.573 e. The van der Waals surface area contributed by atoms with Gasteiger partial charge in [-0.05, 0) is 43.0 Å². The number of carbonyl (C=O) groups excluding carboxylic acids is 2. The highest BCUT2D eigenvalue weighted by atomic mass is 19.4. The Balaban J connectivity index is 1.86. The standard InChI is InChI=1S/C22H32F3N3O5/c1-15(14-26-16-5-7-17(8-6-16)33-22(23,24)25)27-20(30)32-18(13-21(2,3)4)19(29)28-9-11-31-12-10-28/h5-8,15,18,26H,9-14H2,1-4H3,(H,27,30). The maximum absolute atomic E-state index is 12.9. The van der Waals surface area contributed by atoms with Gasteiger partial charge in [-0.2, -0.15) is 0 Å². The van der Waals surface area contributed by atoms with Crippen LogP contribution in [-0.2, 0) is 14.3 Å². The van der Waals surface area contributed by atoms with E-state index in [-0.39, 0.29) is 29.7 Å². The lowest BCUT2D eigenvalue weighted by Gasteiger charge is -2.32. The van der Waals surface area contributed by atoms with Gasteiger partial charge in [-0.25, -0.2) is 4.79 Å². The lowest BCUT2D eigenvalue weighted by atomic mass is 9.88. The van der Waals surface area contributed by atoms with Crippen molar-refractivity contribution in [1.29, 1.82) is 0 Å². The minimum absolute atomic E-state index is 0.234. The van der Waals surface area contributed by atoms with Gasteiger partial charge in [0.05, 0.1) is 13.2 Å². The van der Waals surface area contributed by atoms with Crippen LogP contribution in [0.5, 0.6) is 5.75 Å². The van der Waals surface area contributed by atoms with Crippen LogP contribution in [0.1, 0.15) is 34.1 Å². The first kappa shape index (κ1) is 26.6. The molecule has 2 N–H and O–H groups in total. The number of hydrogen-bond acceptors (Lipinski definition) is 6. The number of morpholine rings is 1. The Morgan fingerprint density at radius 1 is 1.12 bits per heavy atom. The molecule has 1 aliphatic heterocycles. The molecule has 0 spiro atoms. The fraction of sp³-hybridized carbons (Fsp3) is 0.636. The van der Waals surface area contributed by atoms with Gasteiger partial charge in [0.25, 0.3) is 5.91 Å². The van der Waals surface area contributed by atoms with E-state index in [4.69, 9.17) is 9.47 Å². The number of halogens is 3. The molecule has 33 heavy (non-hydrogen) atoms. The van der Waals surface area contributed by atoms with E-state index in [1.165, 1.54) is 24.3 Å². The molecule has 8 nitrogen and oxygen atoms in total. The molecule has 2 atom stereocenters. The van der Waals surface area contributed by atoms with Crippen molar-refractivity contribution in [3.63, 3.8) is 0 Å². The van der Waals surface area contributed by atoms with Crippen LogP contribution in [-0.4, -0.2) is 68.3 Å². The van der Waals surface area contributed by atoms with Crippen molar-refractivity contribution >= 4 is 17.7 Å². The van der Waals surface area contributed by atoms with E-state index in [1.807, 2.05) is 20.8 Å². The van der Waals surface area contributed by atoms with Crippen molar-refractivity contribution in [1.82, 2.24) is 10.2 Å². The van der Waals surface area contributed by atoms with Gasteiger partial charge in [-0.1, -0.05) is 20.8 Å². The average molecular weight is 476 g/mol. The summed E-state index contributed by atoms with van der Waals surface area (Å²) >= 11 is 0. The predicted octanol–water partition coefficient (Wildman–Crippen LogP) is 3.78. The molecule has 2 rings (SSSR count). The van der Waals surface area contributed by atoms with Crippen molar-refractivity contribution in [2.45, 2.75) is 52.6 Å². The fourth-order valence-corrected chi connectivity index (χ4v) is 3.18. The van der Waals surface area contributed by atoms with Gasteiger partial charge in [0.15, 0.2) is 6.10 Å². The molecular weight excluding hydrogens is 443 g/mol. The summed E-state index contributed by atoms with van der Waals surface area (Å²) in [5.74, 6) is -0.562. The number of alkyl carbamates (subject to hydrolysis) is 1. The average Bonchev–Trinajstić information content (AvgIpc) is 2.70. The van der Waals surface area contributed by atoms with Crippen molar-refractivity contribution in [3.8, 4) is 5.75 Å². The number of benzene rings is 1. The second kappa shape index (κ2) is 11.4. The second-order valence-corrected chi connectivity index (χ2v) is 9.09. The quantitative estimate of drug-likeness (QED) is 0.595. The fourth-order valence-electron chi connectivity index (χ4n) is 3.18. The summed E-state index contributed by atoms with van der Waals surface area (Å²) in [6, 6.07) is 4.88. The summed E-state index contributed by atoms with van der Waals surface area (Å²) < 4.78 is 51.3. The first-order valence-corrected chi connectivity index (χ1v) is 10.8. The Kier molecular flexibility index (Phi) is 9.21. The highest BCUT2D eigenvalue weighted by Gasteiger charge is 2.33. The zero-order valence-corrected chi connectivity index (χ0v) is 19.3. The molecule has 0 radical (unpaired) electrons. The van der Waals surface area contributed by atoms with Crippen molar-refractivity contribution in [2.75, 3.05) is 38.2 Å². The predicted molar refractivity (Wildman–Crippen MR) is 116 cm³/mol. The van der Waals surface area contributed by atoms with Gasteiger partial charge in [-0.15, -0.1) is 13.2 Å². The number of alkyl halides is 3. The minimum atomic E-state index is -4.75. The Bertz CT molecular complexity index is 775. The molecule has 1 aliphatic rings. The van der Waals surface area contributed by atoms with Crippen LogP contribution in [0.25, 0.3) is 0 Å². The summed E-state index contributed by atoms with van der Waals surface area (Å²) in [6.07, 6.45) is -6.00. The maximum atomic E-state index is 12.9. The molecule has 1 heterocycles. The van der Waals surface area contributed by atoms with E-state index in [2.05, 4.69) is 15.4 Å². The Morgan fingerprint density at radius 2 is 1.73 bits per heavy atom. The van der Waals surface area contributed by atoms with Crippen LogP contribution in [0, 0.1) is 5.41 Å². The van der Waals surface area contributed by atoms with E-state index in [1.54, 1.807) is 11.8 Å². The minimum Gasteiger partial charge on any atom is -0.436 e. The van der Waals surface area contributed by atoms with Gasteiger partial charge in [0, 0.05) is 31.4 Å². The molecule has 0 aromatic heterocycles. The molecule has 1 aromatic carbocycles. The largest absolute Gasteiger partial charge is 0.573 e. The van der Waals surface area contributed by atoms with Crippen LogP contribution >= 0.6 is 0 Å². The van der Waals surface area contributed by atoms with E-state index in [0.717, 1.165) is 0 Å². The normalized spacial score (nSPS) is 16.5. The number of ether oxygens (including phenoxy) is 3. The zero-order valence-electron chi connectivity index (χ0n) is 19.3. The van der Waals surface area contributed by atoms with Crippen LogP contribution in [0.2, 0.25) is 0 Å². The van der Waals surface area contributed by atoms with E-state index in [9.17, 15) is 22.8 Å². The van der Waals surface area contributed by atoms with Crippen molar-refractivity contribution < 1.29 is 37.0 Å². The number of carbonyl (C=O) groups is 2. The highest BCUT2D eigenvalue weighted by Crippen LogP contribution is 2.25. The number of amides is 2. The molecule has 1 saturated heterocycles. The topological polar surface area (TPSA) is 89.1 Å². The smallest absolute Gasteiger partial charge is 0.436 e. The summed E-state index contributed by atoms with van der Waals surface area (Å²) in [4.78, 5) is 27.0. The van der Waals surface area contributed by atoms with Gasteiger partial charge in [0.1, 0.15) is 5.75 Å². The zero-order chi connectivity index (χ0) is 24.6. The third-order valence-corrected chi connectivity index (χ3v) is 4.71. The van der Waals surface area contributed by atoms with Gasteiger partial charge >= 0.3 is 12.5 Å². The molecular formula is C22H32F3N3O5. The third kappa shape index (κ3) is 10.2. The van der Waals surface area contributed by atoms with E-state index in [0.29, 0.717) is 38.4 Å². The SMILES string of the molecule is CC(CNc1ccc(OC(F)(F)F)cc1)NC(=O)OC(CC(C)(C)C)C(=O)N1CCOCC1. The number of hydrogen-bond donors (Lipinski definition) is 2. The van der Waals surface area contributed by atoms with E-state index < -0.39 is 18.6 Å². The molecule has 0 saturated carbocycles. The van der Waals surface area contributed by atoms with E-state index >= 15 is 0 Å². The van der Waals surface area contributed by atoms with Crippen LogP contribution in [0.4, 0.5) is 23.7 Å². The van der Waals surface area contributed by atoms with Crippen molar-refractivity contribution in [3.05, 3.63) is 24.3 Å². The molecule has 186 valence electrons. The van der Waals surface area contributed by atoms with Crippen molar-refractivity contribution in [2.24, 2.45) is 5.41 Å². The van der Waals surface area contributed by atoms with Gasteiger partial charge < -0.3 is 29.7 Å². The molecule has 1 aromatic rings. The lowest BCUT2D eigenvalue weighted by molar-refractivity contribution is -0.274. The molecule has 0 aliphatic carbocycles. The van der Waals surface area contributed by atoms with Crippen LogP contribution < -0.4 is 15.4 Å².